The van der Waals surface area contributed by atoms with E-state index in [4.69, 9.17) is 10.6 Å². The Morgan fingerprint density at radius 1 is 1.82 bits per heavy atom. The molecule has 0 radical (unpaired) electrons. The van der Waals surface area contributed by atoms with Crippen LogP contribution in [0.2, 0.25) is 0 Å². The Labute approximate surface area is 65.0 Å². The molecule has 64 valence electrons. The number of nitrogens with zero attached hydrogens (tertiary/aromatic N) is 1. The Kier molecular flexibility index (Phi) is 2.43. The van der Waals surface area contributed by atoms with E-state index in [2.05, 4.69) is 4.74 Å². The maximum Gasteiger partial charge on any atom is 0.337 e. The fourth-order valence-electron chi connectivity index (χ4n) is 0.960. The van der Waals surface area contributed by atoms with Gasteiger partial charge in [-0.1, -0.05) is 0 Å². The molecule has 0 aromatic heterocycles. The van der Waals surface area contributed by atoms with Gasteiger partial charge in [0, 0.05) is 13.5 Å². The van der Waals surface area contributed by atoms with Crippen LogP contribution in [0.5, 0.6) is 0 Å². The van der Waals surface area contributed by atoms with Crippen molar-refractivity contribution in [1.82, 2.24) is 5.06 Å². The lowest BCUT2D eigenvalue weighted by molar-refractivity contribution is -0.178. The summed E-state index contributed by atoms with van der Waals surface area (Å²) in [6.45, 7) is 0. The van der Waals surface area contributed by atoms with Crippen LogP contribution in [0.25, 0.3) is 0 Å². The van der Waals surface area contributed by atoms with Gasteiger partial charge < -0.3 is 10.5 Å². The number of ether oxygens (including phenoxy) is 1. The average molecular weight is 160 g/mol. The van der Waals surface area contributed by atoms with Gasteiger partial charge in [-0.25, -0.2) is 4.79 Å². The molecule has 0 bridgehead atoms. The lowest BCUT2D eigenvalue weighted by atomic mass is 10.2. The van der Waals surface area contributed by atoms with Crippen molar-refractivity contribution < 1.29 is 14.4 Å². The van der Waals surface area contributed by atoms with E-state index in [0.29, 0.717) is 6.42 Å². The highest BCUT2D eigenvalue weighted by Gasteiger charge is 2.33. The molecular formula is C6H12N2O3. The molecule has 1 aliphatic rings. The van der Waals surface area contributed by atoms with Gasteiger partial charge in [0.05, 0.1) is 13.3 Å². The van der Waals surface area contributed by atoms with Crippen molar-refractivity contribution in [3.05, 3.63) is 0 Å². The van der Waals surface area contributed by atoms with Crippen molar-refractivity contribution in [3.63, 3.8) is 0 Å². The molecule has 0 amide bonds. The van der Waals surface area contributed by atoms with Crippen molar-refractivity contribution in [2.75, 3.05) is 14.2 Å². The summed E-state index contributed by atoms with van der Waals surface area (Å²) in [4.78, 5) is 15.9. The molecule has 1 saturated heterocycles. The third kappa shape index (κ3) is 1.68. The van der Waals surface area contributed by atoms with Crippen molar-refractivity contribution in [1.29, 1.82) is 0 Å². The topological polar surface area (TPSA) is 64.8 Å². The summed E-state index contributed by atoms with van der Waals surface area (Å²) < 4.78 is 4.48. The summed E-state index contributed by atoms with van der Waals surface area (Å²) in [5.74, 6) is -0.371. The molecule has 0 aliphatic carbocycles. The lowest BCUT2D eigenvalue weighted by Gasteiger charge is -2.11. The van der Waals surface area contributed by atoms with E-state index in [0.717, 1.165) is 0 Å². The Morgan fingerprint density at radius 2 is 2.45 bits per heavy atom. The SMILES string of the molecule is COC(=O)[C@H]1C[C@@H](N)N(C)O1. The summed E-state index contributed by atoms with van der Waals surface area (Å²) >= 11 is 0. The quantitative estimate of drug-likeness (QED) is 0.502. The Morgan fingerprint density at radius 3 is 2.82 bits per heavy atom. The first-order valence-electron chi connectivity index (χ1n) is 3.38. The zero-order valence-corrected chi connectivity index (χ0v) is 6.61. The normalized spacial score (nSPS) is 32.3. The molecule has 2 N–H and O–H groups in total. The number of esters is 1. The number of carbonyl (C=O) groups excluding carboxylic acids is 1. The van der Waals surface area contributed by atoms with E-state index in [1.165, 1.54) is 12.2 Å². The van der Waals surface area contributed by atoms with Crippen LogP contribution in [0.3, 0.4) is 0 Å². The van der Waals surface area contributed by atoms with Crippen molar-refractivity contribution in [2.45, 2.75) is 18.7 Å². The second-order valence-electron chi connectivity index (χ2n) is 2.47. The molecule has 11 heavy (non-hydrogen) atoms. The van der Waals surface area contributed by atoms with Crippen LogP contribution in [-0.2, 0) is 14.4 Å². The minimum absolute atomic E-state index is 0.209. The van der Waals surface area contributed by atoms with Crippen molar-refractivity contribution in [2.24, 2.45) is 5.73 Å². The number of hydrogen-bond donors (Lipinski definition) is 1. The van der Waals surface area contributed by atoms with Gasteiger partial charge in [0.15, 0.2) is 6.10 Å². The number of carbonyl (C=O) groups is 1. The van der Waals surface area contributed by atoms with Crippen molar-refractivity contribution in [3.8, 4) is 0 Å². The maximum absolute atomic E-state index is 10.9. The van der Waals surface area contributed by atoms with E-state index in [9.17, 15) is 4.79 Å². The maximum atomic E-state index is 10.9. The second kappa shape index (κ2) is 3.17. The molecule has 5 nitrogen and oxygen atoms in total. The largest absolute Gasteiger partial charge is 0.467 e. The van der Waals surface area contributed by atoms with Crippen LogP contribution in [0.4, 0.5) is 0 Å². The summed E-state index contributed by atoms with van der Waals surface area (Å²) in [6.07, 6.45) is -0.248. The fraction of sp³-hybridized carbons (Fsp3) is 0.833. The van der Waals surface area contributed by atoms with Crippen LogP contribution in [0.15, 0.2) is 0 Å². The molecule has 0 aromatic rings. The number of rotatable bonds is 1. The molecule has 1 fully saturated rings. The summed E-state index contributed by atoms with van der Waals surface area (Å²) in [5, 5.41) is 1.46. The third-order valence-electron chi connectivity index (χ3n) is 1.68. The van der Waals surface area contributed by atoms with Crippen LogP contribution in [0, 0.1) is 0 Å². The minimum Gasteiger partial charge on any atom is -0.467 e. The monoisotopic (exact) mass is 160 g/mol. The van der Waals surface area contributed by atoms with Gasteiger partial charge in [-0.2, -0.15) is 5.06 Å². The van der Waals surface area contributed by atoms with Gasteiger partial charge >= 0.3 is 5.97 Å². The van der Waals surface area contributed by atoms with Gasteiger partial charge in [0.2, 0.25) is 0 Å². The molecule has 0 saturated carbocycles. The Hall–Kier alpha value is -0.650. The molecule has 1 heterocycles. The standard InChI is InChI=1S/C6H12N2O3/c1-8-5(7)3-4(11-8)6(9)10-2/h4-5H,3,7H2,1-2H3/t4-,5+/m1/s1. The first-order chi connectivity index (χ1) is 5.15. The van der Waals surface area contributed by atoms with Crippen LogP contribution in [-0.4, -0.2) is 37.5 Å². The predicted octanol–water partition coefficient (Wildman–Crippen LogP) is -0.920. The Bertz CT molecular complexity index is 152. The Balaban J connectivity index is 2.46. The van der Waals surface area contributed by atoms with Gasteiger partial charge in [0.1, 0.15) is 0 Å². The summed E-state index contributed by atoms with van der Waals surface area (Å²) in [5.41, 5.74) is 5.55. The predicted molar refractivity (Wildman–Crippen MR) is 37.2 cm³/mol. The summed E-state index contributed by atoms with van der Waals surface area (Å²) in [6, 6.07) is 0. The van der Waals surface area contributed by atoms with Crippen LogP contribution < -0.4 is 5.73 Å². The zero-order valence-electron chi connectivity index (χ0n) is 6.61. The van der Waals surface area contributed by atoms with E-state index >= 15 is 0 Å². The van der Waals surface area contributed by atoms with E-state index in [1.807, 2.05) is 0 Å². The second-order valence-corrected chi connectivity index (χ2v) is 2.47. The van der Waals surface area contributed by atoms with Gasteiger partial charge in [0.25, 0.3) is 0 Å². The minimum atomic E-state index is -0.528. The fourth-order valence-corrected chi connectivity index (χ4v) is 0.960. The molecule has 0 spiro atoms. The first-order valence-corrected chi connectivity index (χ1v) is 3.38. The van der Waals surface area contributed by atoms with Gasteiger partial charge in [-0.3, -0.25) is 4.84 Å². The zero-order chi connectivity index (χ0) is 8.43. The summed E-state index contributed by atoms with van der Waals surface area (Å²) in [7, 11) is 3.02. The molecule has 1 aliphatic heterocycles. The van der Waals surface area contributed by atoms with Crippen molar-refractivity contribution >= 4 is 5.97 Å². The highest BCUT2D eigenvalue weighted by atomic mass is 16.7. The molecule has 1 rings (SSSR count). The number of methoxy groups -OCH3 is 1. The smallest absolute Gasteiger partial charge is 0.337 e. The molecule has 2 atom stereocenters. The highest BCUT2D eigenvalue weighted by Crippen LogP contribution is 2.15. The number of nitrogens with two attached hydrogens (primary N) is 1. The molecule has 5 heteroatoms. The highest BCUT2D eigenvalue weighted by molar-refractivity contribution is 5.74. The van der Waals surface area contributed by atoms with Crippen LogP contribution in [0.1, 0.15) is 6.42 Å². The first kappa shape index (κ1) is 8.45. The molecule has 0 aromatic carbocycles. The number of hydrogen-bond acceptors (Lipinski definition) is 5. The van der Waals surface area contributed by atoms with E-state index in [1.54, 1.807) is 7.05 Å². The van der Waals surface area contributed by atoms with Crippen LogP contribution >= 0.6 is 0 Å². The van der Waals surface area contributed by atoms with E-state index in [-0.39, 0.29) is 12.1 Å². The van der Waals surface area contributed by atoms with E-state index < -0.39 is 6.10 Å². The van der Waals surface area contributed by atoms with Gasteiger partial charge in [-0.15, -0.1) is 0 Å². The molecule has 0 unspecified atom stereocenters. The molecular weight excluding hydrogens is 148 g/mol. The number of hydroxylamine groups is 2. The van der Waals surface area contributed by atoms with Gasteiger partial charge in [-0.05, 0) is 0 Å². The lowest BCUT2D eigenvalue weighted by Crippen LogP contribution is -2.31. The average Bonchev–Trinajstić information content (AvgIpc) is 2.31. The third-order valence-corrected chi connectivity index (χ3v) is 1.68.